The summed E-state index contributed by atoms with van der Waals surface area (Å²) in [6, 6.07) is 5.83. The quantitative estimate of drug-likeness (QED) is 0.179. The normalized spacial score (nSPS) is 10.6. The Hall–Kier alpha value is -1.03. The van der Waals surface area contributed by atoms with Gasteiger partial charge in [-0.25, -0.2) is 0 Å². The number of nitrogens with zero attached hydrogens (tertiary/aromatic N) is 2. The van der Waals surface area contributed by atoms with Crippen LogP contribution in [0.4, 0.5) is 0 Å². The molecule has 58 valence electrons. The van der Waals surface area contributed by atoms with Gasteiger partial charge >= 0.3 is 0 Å². The van der Waals surface area contributed by atoms with E-state index in [0.29, 0.717) is 0 Å². The van der Waals surface area contributed by atoms with E-state index in [9.17, 15) is 0 Å². The van der Waals surface area contributed by atoms with E-state index in [2.05, 4.69) is 5.16 Å². The van der Waals surface area contributed by atoms with Crippen LogP contribution in [0.2, 0.25) is 0 Å². The fourth-order valence-electron chi connectivity index (χ4n) is 0.708. The molecule has 0 aromatic carbocycles. The van der Waals surface area contributed by atoms with Crippen molar-refractivity contribution >= 4 is 17.3 Å². The van der Waals surface area contributed by atoms with Gasteiger partial charge in [-0.2, -0.15) is 4.57 Å². The first-order valence-corrected chi connectivity index (χ1v) is 4.00. The van der Waals surface area contributed by atoms with Gasteiger partial charge in [-0.05, 0) is 17.8 Å². The highest BCUT2D eigenvalue weighted by Gasteiger charge is 2.01. The van der Waals surface area contributed by atoms with Crippen LogP contribution in [-0.4, -0.2) is 10.8 Å². The van der Waals surface area contributed by atoms with Gasteiger partial charge in [0, 0.05) is 12.1 Å². The molecule has 4 heteroatoms. The SMILES string of the molecule is C[n+]1ccccc1SC=NO. The molecule has 0 saturated carbocycles. The fourth-order valence-corrected chi connectivity index (χ4v) is 1.25. The van der Waals surface area contributed by atoms with E-state index in [-0.39, 0.29) is 0 Å². The summed E-state index contributed by atoms with van der Waals surface area (Å²) in [5.74, 6) is 0. The molecule has 1 N–H and O–H groups in total. The van der Waals surface area contributed by atoms with Crippen LogP contribution in [-0.2, 0) is 7.05 Å². The number of oxime groups is 1. The third kappa shape index (κ3) is 2.23. The Balaban J connectivity index is 2.77. The molecule has 0 bridgehead atoms. The minimum absolute atomic E-state index is 1.03. The molecule has 0 aliphatic rings. The van der Waals surface area contributed by atoms with Gasteiger partial charge in [-0.1, -0.05) is 5.16 Å². The summed E-state index contributed by atoms with van der Waals surface area (Å²) in [5, 5.41) is 12.1. The molecule has 1 rings (SSSR count). The van der Waals surface area contributed by atoms with Crippen LogP contribution >= 0.6 is 11.8 Å². The highest BCUT2D eigenvalue weighted by molar-refractivity contribution is 8.11. The van der Waals surface area contributed by atoms with Gasteiger partial charge < -0.3 is 5.21 Å². The van der Waals surface area contributed by atoms with Gasteiger partial charge in [0.15, 0.2) is 6.20 Å². The van der Waals surface area contributed by atoms with Crippen molar-refractivity contribution < 1.29 is 9.77 Å². The fraction of sp³-hybridized carbons (Fsp3) is 0.143. The van der Waals surface area contributed by atoms with E-state index in [1.165, 1.54) is 17.3 Å². The average molecular weight is 169 g/mol. The van der Waals surface area contributed by atoms with Gasteiger partial charge in [-0.15, -0.1) is 0 Å². The highest BCUT2D eigenvalue weighted by atomic mass is 32.2. The summed E-state index contributed by atoms with van der Waals surface area (Å²) in [5.41, 5.74) is 1.38. The smallest absolute Gasteiger partial charge is 0.245 e. The summed E-state index contributed by atoms with van der Waals surface area (Å²) in [6.45, 7) is 0. The molecule has 0 radical (unpaired) electrons. The number of rotatable bonds is 2. The summed E-state index contributed by atoms with van der Waals surface area (Å²) >= 11 is 1.37. The van der Waals surface area contributed by atoms with Crippen LogP contribution in [0.15, 0.2) is 34.6 Å². The van der Waals surface area contributed by atoms with Gasteiger partial charge in [0.25, 0.3) is 0 Å². The van der Waals surface area contributed by atoms with Crippen LogP contribution < -0.4 is 4.57 Å². The number of hydrogen-bond acceptors (Lipinski definition) is 3. The van der Waals surface area contributed by atoms with Crippen molar-refractivity contribution in [3.8, 4) is 0 Å². The van der Waals surface area contributed by atoms with Crippen LogP contribution in [0.5, 0.6) is 0 Å². The first kappa shape index (κ1) is 8.07. The Morgan fingerprint density at radius 2 is 2.45 bits per heavy atom. The largest absolute Gasteiger partial charge is 0.410 e. The molecule has 0 fully saturated rings. The Bertz CT molecular complexity index is 262. The standard InChI is InChI=1S/C7H8N2OS/c1-9-5-3-2-4-7(9)11-6-8-10/h2-6H,1H3/p+1. The Morgan fingerprint density at radius 1 is 1.64 bits per heavy atom. The molecule has 0 saturated heterocycles. The molecule has 0 amide bonds. The van der Waals surface area contributed by atoms with E-state index < -0.39 is 0 Å². The molecule has 0 aliphatic heterocycles. The van der Waals surface area contributed by atoms with E-state index in [1.807, 2.05) is 36.0 Å². The van der Waals surface area contributed by atoms with Crippen molar-refractivity contribution in [1.29, 1.82) is 0 Å². The van der Waals surface area contributed by atoms with Crippen LogP contribution in [0.3, 0.4) is 0 Å². The highest BCUT2D eigenvalue weighted by Crippen LogP contribution is 2.07. The lowest BCUT2D eigenvalue weighted by molar-refractivity contribution is -0.708. The average Bonchev–Trinajstić information content (AvgIpc) is 2.03. The zero-order valence-corrected chi connectivity index (χ0v) is 6.95. The molecule has 1 heterocycles. The Morgan fingerprint density at radius 3 is 3.09 bits per heavy atom. The lowest BCUT2D eigenvalue weighted by Gasteiger charge is -1.91. The first-order valence-electron chi connectivity index (χ1n) is 3.12. The van der Waals surface area contributed by atoms with Crippen molar-refractivity contribution in [1.82, 2.24) is 0 Å². The molecule has 0 spiro atoms. The number of aryl methyl sites for hydroxylation is 1. The molecular formula is C7H9N2OS+. The predicted octanol–water partition coefficient (Wildman–Crippen LogP) is 1.02. The number of thioether (sulfide) groups is 1. The monoisotopic (exact) mass is 169 g/mol. The maximum atomic E-state index is 8.16. The van der Waals surface area contributed by atoms with Crippen molar-refractivity contribution in [2.45, 2.75) is 5.03 Å². The van der Waals surface area contributed by atoms with Crippen molar-refractivity contribution in [3.05, 3.63) is 24.4 Å². The van der Waals surface area contributed by atoms with E-state index in [4.69, 9.17) is 5.21 Å². The number of aromatic nitrogens is 1. The molecule has 3 nitrogen and oxygen atoms in total. The minimum atomic E-state index is 1.03. The van der Waals surface area contributed by atoms with Crippen LogP contribution in [0, 0.1) is 0 Å². The second-order valence-corrected chi connectivity index (χ2v) is 2.85. The predicted molar refractivity (Wildman–Crippen MR) is 43.8 cm³/mol. The topological polar surface area (TPSA) is 36.5 Å². The van der Waals surface area contributed by atoms with E-state index >= 15 is 0 Å². The molecular weight excluding hydrogens is 160 g/mol. The third-order valence-electron chi connectivity index (χ3n) is 1.23. The summed E-state index contributed by atoms with van der Waals surface area (Å²) < 4.78 is 1.95. The molecule has 1 aromatic rings. The Labute approximate surface area is 69.4 Å². The maximum absolute atomic E-state index is 8.16. The van der Waals surface area contributed by atoms with Crippen LogP contribution in [0.25, 0.3) is 0 Å². The number of pyridine rings is 1. The zero-order valence-electron chi connectivity index (χ0n) is 6.14. The molecule has 1 aromatic heterocycles. The van der Waals surface area contributed by atoms with Crippen molar-refractivity contribution in [2.24, 2.45) is 12.2 Å². The molecule has 11 heavy (non-hydrogen) atoms. The van der Waals surface area contributed by atoms with Gasteiger partial charge in [0.1, 0.15) is 12.6 Å². The lowest BCUT2D eigenvalue weighted by atomic mass is 10.5. The number of hydrogen-bond donors (Lipinski definition) is 1. The second kappa shape index (κ2) is 3.98. The first-order chi connectivity index (χ1) is 5.34. The van der Waals surface area contributed by atoms with Gasteiger partial charge in [0.05, 0.1) is 0 Å². The summed E-state index contributed by atoms with van der Waals surface area (Å²) in [6.07, 6.45) is 1.94. The van der Waals surface area contributed by atoms with Gasteiger partial charge in [-0.3, -0.25) is 0 Å². The van der Waals surface area contributed by atoms with E-state index in [0.717, 1.165) is 5.03 Å². The van der Waals surface area contributed by atoms with E-state index in [1.54, 1.807) is 0 Å². The Kier molecular flexibility index (Phi) is 2.92. The molecule has 0 unspecified atom stereocenters. The van der Waals surface area contributed by atoms with Crippen LogP contribution in [0.1, 0.15) is 0 Å². The van der Waals surface area contributed by atoms with Gasteiger partial charge in [0.2, 0.25) is 5.03 Å². The van der Waals surface area contributed by atoms with Crippen molar-refractivity contribution in [3.63, 3.8) is 0 Å². The molecule has 0 atom stereocenters. The second-order valence-electron chi connectivity index (χ2n) is 1.99. The maximum Gasteiger partial charge on any atom is 0.245 e. The minimum Gasteiger partial charge on any atom is -0.410 e. The lowest BCUT2D eigenvalue weighted by Crippen LogP contribution is -2.29. The molecule has 0 aliphatic carbocycles. The third-order valence-corrected chi connectivity index (χ3v) is 2.09. The summed E-state index contributed by atoms with van der Waals surface area (Å²) in [7, 11) is 1.94. The zero-order chi connectivity index (χ0) is 8.10. The summed E-state index contributed by atoms with van der Waals surface area (Å²) in [4.78, 5) is 0. The van der Waals surface area contributed by atoms with Crippen molar-refractivity contribution in [2.75, 3.05) is 0 Å².